The first-order valence-corrected chi connectivity index (χ1v) is 7.71. The minimum absolute atomic E-state index is 0.196. The number of anilines is 1. The molecule has 0 aliphatic carbocycles. The molecule has 25 heavy (non-hydrogen) atoms. The summed E-state index contributed by atoms with van der Waals surface area (Å²) in [5.74, 6) is -0.391. The number of para-hydroxylation sites is 1. The van der Waals surface area contributed by atoms with E-state index in [0.717, 1.165) is 11.1 Å². The molecule has 6 heteroatoms. The van der Waals surface area contributed by atoms with Crippen molar-refractivity contribution in [3.63, 3.8) is 0 Å². The first-order chi connectivity index (χ1) is 12.0. The molecule has 1 amide bonds. The maximum absolute atomic E-state index is 12.2. The minimum atomic E-state index is -0.660. The summed E-state index contributed by atoms with van der Waals surface area (Å²) in [5, 5.41) is 2.74. The average molecular weight is 343 g/mol. The van der Waals surface area contributed by atoms with E-state index in [-0.39, 0.29) is 11.3 Å². The molecule has 0 spiro atoms. The van der Waals surface area contributed by atoms with Gasteiger partial charge in [0.25, 0.3) is 5.91 Å². The van der Waals surface area contributed by atoms with Crippen molar-refractivity contribution in [3.8, 4) is 11.5 Å². The number of carbonyl (C=O) groups is 2. The van der Waals surface area contributed by atoms with Crippen molar-refractivity contribution in [1.29, 1.82) is 0 Å². The Labute approximate surface area is 146 Å². The van der Waals surface area contributed by atoms with Crippen molar-refractivity contribution in [3.05, 3.63) is 53.1 Å². The second-order valence-corrected chi connectivity index (χ2v) is 5.48. The minimum Gasteiger partial charge on any atom is -0.493 e. The largest absolute Gasteiger partial charge is 0.493 e. The Bertz CT molecular complexity index is 785. The smallest absolute Gasteiger partial charge is 0.342 e. The van der Waals surface area contributed by atoms with Crippen LogP contribution in [0.3, 0.4) is 0 Å². The van der Waals surface area contributed by atoms with Crippen LogP contribution in [0.15, 0.2) is 36.4 Å². The molecule has 2 aromatic carbocycles. The van der Waals surface area contributed by atoms with Crippen LogP contribution in [0.5, 0.6) is 11.5 Å². The van der Waals surface area contributed by atoms with Crippen LogP contribution in [0.4, 0.5) is 5.69 Å². The fourth-order valence-corrected chi connectivity index (χ4v) is 2.31. The van der Waals surface area contributed by atoms with E-state index in [1.54, 1.807) is 18.2 Å². The van der Waals surface area contributed by atoms with Gasteiger partial charge in [-0.3, -0.25) is 4.79 Å². The normalized spacial score (nSPS) is 10.1. The molecule has 0 radical (unpaired) electrons. The highest BCUT2D eigenvalue weighted by Crippen LogP contribution is 2.31. The lowest BCUT2D eigenvalue weighted by atomic mass is 10.1. The number of carbonyl (C=O) groups excluding carboxylic acids is 2. The van der Waals surface area contributed by atoms with Gasteiger partial charge in [-0.15, -0.1) is 0 Å². The van der Waals surface area contributed by atoms with Gasteiger partial charge in [-0.25, -0.2) is 4.79 Å². The van der Waals surface area contributed by atoms with Gasteiger partial charge in [-0.05, 0) is 43.2 Å². The van der Waals surface area contributed by atoms with Gasteiger partial charge in [0, 0.05) is 5.69 Å². The topological polar surface area (TPSA) is 73.9 Å². The molecule has 0 saturated heterocycles. The SMILES string of the molecule is COc1cccc(C(=O)OCC(=O)Nc2cc(C)ccc2C)c1OC. The van der Waals surface area contributed by atoms with E-state index in [1.165, 1.54) is 14.2 Å². The zero-order valence-electron chi connectivity index (χ0n) is 14.7. The van der Waals surface area contributed by atoms with E-state index in [1.807, 2.05) is 32.0 Å². The molecule has 6 nitrogen and oxygen atoms in total. The van der Waals surface area contributed by atoms with E-state index >= 15 is 0 Å². The number of amides is 1. The molecule has 2 rings (SSSR count). The van der Waals surface area contributed by atoms with Crippen LogP contribution in [0, 0.1) is 13.8 Å². The summed E-state index contributed by atoms with van der Waals surface area (Å²) < 4.78 is 15.4. The fraction of sp³-hybridized carbons (Fsp3) is 0.263. The lowest BCUT2D eigenvalue weighted by Crippen LogP contribution is -2.21. The first-order valence-electron chi connectivity index (χ1n) is 7.71. The average Bonchev–Trinajstić information content (AvgIpc) is 2.61. The highest BCUT2D eigenvalue weighted by molar-refractivity contribution is 5.97. The van der Waals surface area contributed by atoms with Crippen molar-refractivity contribution in [2.75, 3.05) is 26.1 Å². The number of nitrogens with one attached hydrogen (secondary N) is 1. The van der Waals surface area contributed by atoms with Crippen LogP contribution in [0.25, 0.3) is 0 Å². The van der Waals surface area contributed by atoms with Crippen LogP contribution in [0.2, 0.25) is 0 Å². The van der Waals surface area contributed by atoms with E-state index < -0.39 is 18.5 Å². The number of hydrogen-bond donors (Lipinski definition) is 1. The molecule has 0 saturated carbocycles. The highest BCUT2D eigenvalue weighted by Gasteiger charge is 2.18. The Morgan fingerprint density at radius 2 is 1.80 bits per heavy atom. The molecule has 0 bridgehead atoms. The molecule has 0 aliphatic rings. The molecule has 0 atom stereocenters. The van der Waals surface area contributed by atoms with E-state index in [2.05, 4.69) is 5.32 Å². The van der Waals surface area contributed by atoms with E-state index in [4.69, 9.17) is 14.2 Å². The van der Waals surface area contributed by atoms with Crippen molar-refractivity contribution >= 4 is 17.6 Å². The van der Waals surface area contributed by atoms with Gasteiger partial charge in [-0.2, -0.15) is 0 Å². The first kappa shape index (κ1) is 18.3. The van der Waals surface area contributed by atoms with Crippen LogP contribution in [0.1, 0.15) is 21.5 Å². The van der Waals surface area contributed by atoms with Crippen LogP contribution in [-0.2, 0) is 9.53 Å². The number of ether oxygens (including phenoxy) is 3. The zero-order chi connectivity index (χ0) is 18.4. The Morgan fingerprint density at radius 1 is 1.04 bits per heavy atom. The molecule has 0 heterocycles. The number of hydrogen-bond acceptors (Lipinski definition) is 5. The van der Waals surface area contributed by atoms with Crippen LogP contribution < -0.4 is 14.8 Å². The monoisotopic (exact) mass is 343 g/mol. The number of methoxy groups -OCH3 is 2. The summed E-state index contributed by atoms with van der Waals surface area (Å²) >= 11 is 0. The lowest BCUT2D eigenvalue weighted by Gasteiger charge is -2.12. The Kier molecular flexibility index (Phi) is 6.00. The van der Waals surface area contributed by atoms with E-state index in [9.17, 15) is 9.59 Å². The summed E-state index contributed by atoms with van der Waals surface area (Å²) in [7, 11) is 2.91. The molecule has 0 aromatic heterocycles. The second kappa shape index (κ2) is 8.19. The van der Waals surface area contributed by atoms with Crippen molar-refractivity contribution in [2.24, 2.45) is 0 Å². The third-order valence-corrected chi connectivity index (χ3v) is 3.62. The molecule has 132 valence electrons. The van der Waals surface area contributed by atoms with Gasteiger partial charge >= 0.3 is 5.97 Å². The molecule has 0 aliphatic heterocycles. The Hall–Kier alpha value is -3.02. The number of benzene rings is 2. The predicted molar refractivity (Wildman–Crippen MR) is 94.4 cm³/mol. The summed E-state index contributed by atoms with van der Waals surface area (Å²) in [6, 6.07) is 10.6. The summed E-state index contributed by atoms with van der Waals surface area (Å²) in [5.41, 5.74) is 2.85. The van der Waals surface area contributed by atoms with E-state index in [0.29, 0.717) is 11.4 Å². The van der Waals surface area contributed by atoms with Crippen LogP contribution >= 0.6 is 0 Å². The Morgan fingerprint density at radius 3 is 2.48 bits per heavy atom. The maximum Gasteiger partial charge on any atom is 0.342 e. The zero-order valence-corrected chi connectivity index (χ0v) is 14.7. The van der Waals surface area contributed by atoms with Gasteiger partial charge in [0.2, 0.25) is 0 Å². The molecule has 2 aromatic rings. The lowest BCUT2D eigenvalue weighted by molar-refractivity contribution is -0.119. The maximum atomic E-state index is 12.2. The summed E-state index contributed by atoms with van der Waals surface area (Å²) in [6.45, 7) is 3.43. The summed E-state index contributed by atoms with van der Waals surface area (Å²) in [6.07, 6.45) is 0. The third kappa shape index (κ3) is 4.50. The van der Waals surface area contributed by atoms with Gasteiger partial charge in [0.15, 0.2) is 18.1 Å². The van der Waals surface area contributed by atoms with Crippen molar-refractivity contribution in [2.45, 2.75) is 13.8 Å². The molecule has 0 unspecified atom stereocenters. The fourth-order valence-electron chi connectivity index (χ4n) is 2.31. The number of aryl methyl sites for hydroxylation is 2. The number of rotatable bonds is 6. The molecule has 1 N–H and O–H groups in total. The van der Waals surface area contributed by atoms with Crippen molar-refractivity contribution in [1.82, 2.24) is 0 Å². The van der Waals surface area contributed by atoms with Gasteiger partial charge in [0.05, 0.1) is 14.2 Å². The van der Waals surface area contributed by atoms with Gasteiger partial charge in [0.1, 0.15) is 5.56 Å². The molecule has 0 fully saturated rings. The van der Waals surface area contributed by atoms with Crippen LogP contribution in [-0.4, -0.2) is 32.7 Å². The molecular formula is C19H21NO5. The standard InChI is InChI=1S/C19H21NO5/c1-12-8-9-13(2)15(10-12)20-17(21)11-25-19(22)14-6-5-7-16(23-3)18(14)24-4/h5-10H,11H2,1-4H3,(H,20,21). The van der Waals surface area contributed by atoms with Crippen molar-refractivity contribution < 1.29 is 23.8 Å². The number of esters is 1. The predicted octanol–water partition coefficient (Wildman–Crippen LogP) is 3.12. The van der Waals surface area contributed by atoms with Gasteiger partial charge < -0.3 is 19.5 Å². The summed E-state index contributed by atoms with van der Waals surface area (Å²) in [4.78, 5) is 24.3. The Balaban J connectivity index is 2.02. The molecular weight excluding hydrogens is 322 g/mol. The second-order valence-electron chi connectivity index (χ2n) is 5.48. The highest BCUT2D eigenvalue weighted by atomic mass is 16.5. The third-order valence-electron chi connectivity index (χ3n) is 3.62. The van der Waals surface area contributed by atoms with Gasteiger partial charge in [-0.1, -0.05) is 18.2 Å². The quantitative estimate of drug-likeness (QED) is 0.816.